The summed E-state index contributed by atoms with van der Waals surface area (Å²) in [7, 11) is -3.63. The second-order valence-corrected chi connectivity index (χ2v) is 8.33. The van der Waals surface area contributed by atoms with Crippen LogP contribution < -0.4 is 14.4 Å². The van der Waals surface area contributed by atoms with Crippen LogP contribution in [0.2, 0.25) is 0 Å². The van der Waals surface area contributed by atoms with E-state index in [-0.39, 0.29) is 17.4 Å². The van der Waals surface area contributed by atoms with Crippen molar-refractivity contribution in [3.8, 4) is 5.75 Å². The maximum absolute atomic E-state index is 12.8. The first-order valence-electron chi connectivity index (χ1n) is 8.92. The largest absolute Gasteiger partial charge is 0.484 e. The molecular formula is C20H26N2O4S. The van der Waals surface area contributed by atoms with Gasteiger partial charge in [-0.1, -0.05) is 32.0 Å². The van der Waals surface area contributed by atoms with Crippen LogP contribution in [-0.2, 0) is 14.8 Å². The molecule has 0 unspecified atom stereocenters. The predicted molar refractivity (Wildman–Crippen MR) is 106 cm³/mol. The second-order valence-electron chi connectivity index (χ2n) is 6.46. The van der Waals surface area contributed by atoms with E-state index in [9.17, 15) is 13.2 Å². The molecule has 27 heavy (non-hydrogen) atoms. The minimum atomic E-state index is -3.63. The van der Waals surface area contributed by atoms with Crippen LogP contribution in [0.3, 0.4) is 0 Å². The molecule has 2 rings (SSSR count). The van der Waals surface area contributed by atoms with Crippen molar-refractivity contribution in [3.63, 3.8) is 0 Å². The molecule has 0 heterocycles. The van der Waals surface area contributed by atoms with Crippen LogP contribution in [0.25, 0.3) is 0 Å². The molecule has 0 aliphatic carbocycles. The SMILES string of the molecule is CCN(c1ccc(OCC(=O)NCC(C)C)cc1)S(=O)(=O)c1ccccc1. The third-order valence-corrected chi connectivity index (χ3v) is 5.74. The fourth-order valence-electron chi connectivity index (χ4n) is 2.44. The number of sulfonamides is 1. The molecule has 0 bridgehead atoms. The highest BCUT2D eigenvalue weighted by Crippen LogP contribution is 2.25. The number of hydrogen-bond acceptors (Lipinski definition) is 4. The summed E-state index contributed by atoms with van der Waals surface area (Å²) in [5, 5.41) is 2.78. The first kappa shape index (κ1) is 20.8. The number of benzene rings is 2. The summed E-state index contributed by atoms with van der Waals surface area (Å²) in [5.74, 6) is 0.695. The normalized spacial score (nSPS) is 11.3. The topological polar surface area (TPSA) is 75.7 Å². The third-order valence-electron chi connectivity index (χ3n) is 3.82. The Hall–Kier alpha value is -2.54. The Morgan fingerprint density at radius 2 is 1.70 bits per heavy atom. The van der Waals surface area contributed by atoms with Crippen molar-refractivity contribution in [3.05, 3.63) is 54.6 Å². The van der Waals surface area contributed by atoms with Crippen LogP contribution in [-0.4, -0.2) is 34.0 Å². The molecule has 0 spiro atoms. The van der Waals surface area contributed by atoms with Gasteiger partial charge in [-0.05, 0) is 49.2 Å². The number of carbonyl (C=O) groups excluding carboxylic acids is 1. The van der Waals surface area contributed by atoms with E-state index < -0.39 is 10.0 Å². The highest BCUT2D eigenvalue weighted by molar-refractivity contribution is 7.92. The lowest BCUT2D eigenvalue weighted by Crippen LogP contribution is -2.31. The van der Waals surface area contributed by atoms with Crippen molar-refractivity contribution in [2.75, 3.05) is 24.0 Å². The van der Waals surface area contributed by atoms with E-state index in [0.29, 0.717) is 30.4 Å². The van der Waals surface area contributed by atoms with Gasteiger partial charge in [-0.3, -0.25) is 9.10 Å². The molecule has 6 nitrogen and oxygen atoms in total. The molecule has 0 saturated heterocycles. The van der Waals surface area contributed by atoms with Gasteiger partial charge in [0.2, 0.25) is 0 Å². The number of rotatable bonds is 9. The van der Waals surface area contributed by atoms with Gasteiger partial charge in [-0.15, -0.1) is 0 Å². The molecule has 0 aliphatic rings. The zero-order chi connectivity index (χ0) is 19.9. The Bertz CT molecular complexity index is 834. The van der Waals surface area contributed by atoms with Gasteiger partial charge in [0.25, 0.3) is 15.9 Å². The Morgan fingerprint density at radius 1 is 1.07 bits per heavy atom. The van der Waals surface area contributed by atoms with E-state index in [1.807, 2.05) is 13.8 Å². The molecular weight excluding hydrogens is 364 g/mol. The minimum absolute atomic E-state index is 0.0775. The molecule has 7 heteroatoms. The minimum Gasteiger partial charge on any atom is -0.484 e. The first-order chi connectivity index (χ1) is 12.8. The maximum Gasteiger partial charge on any atom is 0.264 e. The molecule has 0 fully saturated rings. The zero-order valence-corrected chi connectivity index (χ0v) is 16.7. The lowest BCUT2D eigenvalue weighted by atomic mass is 10.2. The molecule has 1 amide bonds. The van der Waals surface area contributed by atoms with Gasteiger partial charge < -0.3 is 10.1 Å². The summed E-state index contributed by atoms with van der Waals surface area (Å²) < 4.78 is 32.5. The summed E-state index contributed by atoms with van der Waals surface area (Å²) >= 11 is 0. The Labute approximate surface area is 161 Å². The van der Waals surface area contributed by atoms with E-state index >= 15 is 0 Å². The molecule has 0 atom stereocenters. The van der Waals surface area contributed by atoms with Gasteiger partial charge in [0.1, 0.15) is 5.75 Å². The summed E-state index contributed by atoms with van der Waals surface area (Å²) in [6.45, 7) is 6.64. The average Bonchev–Trinajstić information content (AvgIpc) is 2.66. The standard InChI is InChI=1S/C20H26N2O4S/c1-4-22(27(24,25)19-8-6-5-7-9-19)17-10-12-18(13-11-17)26-15-20(23)21-14-16(2)3/h5-13,16H,4,14-15H2,1-3H3,(H,21,23). The van der Waals surface area contributed by atoms with Gasteiger partial charge in [-0.2, -0.15) is 0 Å². The van der Waals surface area contributed by atoms with Gasteiger partial charge in [0, 0.05) is 13.1 Å². The van der Waals surface area contributed by atoms with Crippen molar-refractivity contribution in [1.29, 1.82) is 0 Å². The summed E-state index contributed by atoms with van der Waals surface area (Å²) in [6, 6.07) is 15.0. The van der Waals surface area contributed by atoms with Crippen molar-refractivity contribution in [2.45, 2.75) is 25.7 Å². The summed E-state index contributed by atoms with van der Waals surface area (Å²) in [5.41, 5.74) is 0.540. The number of ether oxygens (including phenoxy) is 1. The third kappa shape index (κ3) is 5.72. The number of nitrogens with one attached hydrogen (secondary N) is 1. The zero-order valence-electron chi connectivity index (χ0n) is 15.9. The number of carbonyl (C=O) groups is 1. The molecule has 146 valence electrons. The monoisotopic (exact) mass is 390 g/mol. The van der Waals surface area contributed by atoms with Crippen molar-refractivity contribution >= 4 is 21.6 Å². The molecule has 0 aliphatic heterocycles. The maximum atomic E-state index is 12.8. The number of hydrogen-bond donors (Lipinski definition) is 1. The van der Waals surface area contributed by atoms with Crippen molar-refractivity contribution in [1.82, 2.24) is 5.32 Å². The molecule has 0 radical (unpaired) electrons. The highest BCUT2D eigenvalue weighted by Gasteiger charge is 2.23. The van der Waals surface area contributed by atoms with E-state index in [0.717, 1.165) is 0 Å². The van der Waals surface area contributed by atoms with Crippen LogP contribution >= 0.6 is 0 Å². The van der Waals surface area contributed by atoms with Crippen LogP contribution in [0.1, 0.15) is 20.8 Å². The Morgan fingerprint density at radius 3 is 2.26 bits per heavy atom. The summed E-state index contributed by atoms with van der Waals surface area (Å²) in [6.07, 6.45) is 0. The molecule has 1 N–H and O–H groups in total. The van der Waals surface area contributed by atoms with E-state index in [1.165, 1.54) is 4.31 Å². The van der Waals surface area contributed by atoms with Gasteiger partial charge in [0.15, 0.2) is 6.61 Å². The number of nitrogens with zero attached hydrogens (tertiary/aromatic N) is 1. The molecule has 2 aromatic rings. The summed E-state index contributed by atoms with van der Waals surface area (Å²) in [4.78, 5) is 12.0. The highest BCUT2D eigenvalue weighted by atomic mass is 32.2. The van der Waals surface area contributed by atoms with Gasteiger partial charge in [0.05, 0.1) is 10.6 Å². The first-order valence-corrected chi connectivity index (χ1v) is 10.4. The van der Waals surface area contributed by atoms with E-state index in [2.05, 4.69) is 5.32 Å². The Kier molecular flexibility index (Phi) is 7.24. The predicted octanol–water partition coefficient (Wildman–Crippen LogP) is 3.05. The van der Waals surface area contributed by atoms with E-state index in [4.69, 9.17) is 4.74 Å². The molecule has 0 saturated carbocycles. The molecule has 2 aromatic carbocycles. The van der Waals surface area contributed by atoms with Crippen LogP contribution in [0.5, 0.6) is 5.75 Å². The van der Waals surface area contributed by atoms with Crippen molar-refractivity contribution < 1.29 is 17.9 Å². The second kappa shape index (κ2) is 9.41. The fraction of sp³-hybridized carbons (Fsp3) is 0.350. The van der Waals surface area contributed by atoms with Crippen molar-refractivity contribution in [2.24, 2.45) is 5.92 Å². The van der Waals surface area contributed by atoms with Crippen LogP contribution in [0, 0.1) is 5.92 Å². The van der Waals surface area contributed by atoms with Crippen LogP contribution in [0.15, 0.2) is 59.5 Å². The number of amides is 1. The number of anilines is 1. The smallest absolute Gasteiger partial charge is 0.264 e. The Balaban J connectivity index is 2.05. The fourth-order valence-corrected chi connectivity index (χ4v) is 3.93. The van der Waals surface area contributed by atoms with Crippen LogP contribution in [0.4, 0.5) is 5.69 Å². The van der Waals surface area contributed by atoms with Gasteiger partial charge >= 0.3 is 0 Å². The average molecular weight is 391 g/mol. The van der Waals surface area contributed by atoms with Gasteiger partial charge in [-0.25, -0.2) is 8.42 Å². The lowest BCUT2D eigenvalue weighted by molar-refractivity contribution is -0.123. The molecule has 0 aromatic heterocycles. The van der Waals surface area contributed by atoms with E-state index in [1.54, 1.807) is 61.5 Å². The lowest BCUT2D eigenvalue weighted by Gasteiger charge is -2.23. The quantitative estimate of drug-likeness (QED) is 0.714.